The molecule has 10 aromatic carbocycles. The van der Waals surface area contributed by atoms with Crippen molar-refractivity contribution in [2.45, 2.75) is 12.3 Å². The van der Waals surface area contributed by atoms with Crippen LogP contribution >= 0.6 is 0 Å². The Balaban J connectivity index is 0.880. The third-order valence-corrected chi connectivity index (χ3v) is 13.8. The summed E-state index contributed by atoms with van der Waals surface area (Å²) in [5.74, 6) is 0.260. The summed E-state index contributed by atoms with van der Waals surface area (Å²) in [6, 6.07) is 71.0. The van der Waals surface area contributed by atoms with E-state index in [1.54, 1.807) is 0 Å². The Hall–Kier alpha value is -8.14. The minimum Gasteiger partial charge on any atom is -0.455 e. The monoisotopic (exact) mass is 802 g/mol. The highest BCUT2D eigenvalue weighted by molar-refractivity contribution is 6.26. The number of hydrogen-bond donors (Lipinski definition) is 0. The highest BCUT2D eigenvalue weighted by Gasteiger charge is 2.22. The standard InChI is InChI=1S/C60H38N2O/c1-2-12-41(13-3-1)61-56-33-32-51-50-31-28-42(62-54-20-10-8-18-48(54)49-19-9-11-21-55(49)62)36-58(50)63-60(51)59(56)52-30-27-40(35-57(52)61)38-24-22-37(23-25-38)39-26-29-47-45-16-5-4-14-43(45)44-15-6-7-17-46(44)53(47)34-39/h1-24,26-36,38H,25H2. The van der Waals surface area contributed by atoms with Gasteiger partial charge >= 0.3 is 0 Å². The summed E-state index contributed by atoms with van der Waals surface area (Å²) in [5, 5.41) is 14.9. The van der Waals surface area contributed by atoms with Gasteiger partial charge in [-0.3, -0.25) is 0 Å². The third kappa shape index (κ3) is 5.02. The molecule has 13 aromatic rings. The molecule has 1 aliphatic carbocycles. The fourth-order valence-electron chi connectivity index (χ4n) is 10.9. The van der Waals surface area contributed by atoms with Crippen LogP contribution in [0.15, 0.2) is 217 Å². The van der Waals surface area contributed by atoms with E-state index in [-0.39, 0.29) is 5.92 Å². The van der Waals surface area contributed by atoms with E-state index in [2.05, 4.69) is 221 Å². The lowest BCUT2D eigenvalue weighted by atomic mass is 9.86. The Kier molecular flexibility index (Phi) is 7.23. The predicted molar refractivity (Wildman–Crippen MR) is 266 cm³/mol. The fourth-order valence-corrected chi connectivity index (χ4v) is 10.9. The number of rotatable bonds is 4. The van der Waals surface area contributed by atoms with E-state index in [0.29, 0.717) is 0 Å². The van der Waals surface area contributed by atoms with E-state index in [1.807, 2.05) is 0 Å². The summed E-state index contributed by atoms with van der Waals surface area (Å²) >= 11 is 0. The molecule has 0 N–H and O–H groups in total. The van der Waals surface area contributed by atoms with Crippen LogP contribution in [0.25, 0.3) is 115 Å². The summed E-state index contributed by atoms with van der Waals surface area (Å²) in [7, 11) is 0. The second kappa shape index (κ2) is 13.2. The largest absolute Gasteiger partial charge is 0.455 e. The summed E-state index contributed by atoms with van der Waals surface area (Å²) in [5.41, 5.74) is 12.6. The van der Waals surface area contributed by atoms with Gasteiger partial charge in [0.05, 0.1) is 27.5 Å². The average Bonchev–Trinajstić information content (AvgIpc) is 4.01. The molecule has 0 bridgehead atoms. The molecule has 294 valence electrons. The van der Waals surface area contributed by atoms with Gasteiger partial charge in [0.1, 0.15) is 11.2 Å². The first-order valence-corrected chi connectivity index (χ1v) is 21.9. The van der Waals surface area contributed by atoms with Crippen LogP contribution in [-0.4, -0.2) is 9.13 Å². The van der Waals surface area contributed by atoms with Crippen LogP contribution in [-0.2, 0) is 0 Å². The molecule has 3 nitrogen and oxygen atoms in total. The van der Waals surface area contributed by atoms with Crippen LogP contribution in [0.5, 0.6) is 0 Å². The Morgan fingerprint density at radius 2 is 0.984 bits per heavy atom. The Morgan fingerprint density at radius 3 is 1.68 bits per heavy atom. The van der Waals surface area contributed by atoms with E-state index in [9.17, 15) is 0 Å². The van der Waals surface area contributed by atoms with Crippen LogP contribution in [0.3, 0.4) is 0 Å². The first-order chi connectivity index (χ1) is 31.2. The van der Waals surface area contributed by atoms with Crippen LogP contribution in [0.2, 0.25) is 0 Å². The molecule has 0 saturated heterocycles. The van der Waals surface area contributed by atoms with E-state index in [1.165, 1.54) is 81.7 Å². The Bertz CT molecular complexity index is 4030. The number of aromatic nitrogens is 2. The molecule has 3 heterocycles. The number of allylic oxidation sites excluding steroid dienone is 4. The van der Waals surface area contributed by atoms with Gasteiger partial charge < -0.3 is 13.6 Å². The van der Waals surface area contributed by atoms with Gasteiger partial charge in [-0.15, -0.1) is 0 Å². The maximum Gasteiger partial charge on any atom is 0.145 e. The highest BCUT2D eigenvalue weighted by atomic mass is 16.3. The molecule has 63 heavy (non-hydrogen) atoms. The zero-order valence-electron chi connectivity index (χ0n) is 34.3. The van der Waals surface area contributed by atoms with Crippen molar-refractivity contribution in [2.24, 2.45) is 0 Å². The van der Waals surface area contributed by atoms with Gasteiger partial charge in [-0.1, -0.05) is 146 Å². The molecular formula is C60H38N2O. The van der Waals surface area contributed by atoms with Gasteiger partial charge in [0, 0.05) is 50.3 Å². The van der Waals surface area contributed by atoms with Crippen molar-refractivity contribution >= 4 is 103 Å². The van der Waals surface area contributed by atoms with Crippen molar-refractivity contribution in [3.8, 4) is 11.4 Å². The Morgan fingerprint density at radius 1 is 0.397 bits per heavy atom. The smallest absolute Gasteiger partial charge is 0.145 e. The number of furan rings is 1. The molecule has 0 amide bonds. The van der Waals surface area contributed by atoms with Gasteiger partial charge in [-0.25, -0.2) is 0 Å². The molecule has 0 aliphatic heterocycles. The number of nitrogens with zero attached hydrogens (tertiary/aromatic N) is 2. The predicted octanol–water partition coefficient (Wildman–Crippen LogP) is 16.4. The van der Waals surface area contributed by atoms with E-state index in [0.717, 1.165) is 50.6 Å². The lowest BCUT2D eigenvalue weighted by molar-refractivity contribution is 0.672. The fraction of sp³-hybridized carbons (Fsp3) is 0.0333. The van der Waals surface area contributed by atoms with Crippen molar-refractivity contribution in [2.75, 3.05) is 0 Å². The molecule has 0 saturated carbocycles. The number of para-hydroxylation sites is 3. The molecule has 0 radical (unpaired) electrons. The van der Waals surface area contributed by atoms with Crippen molar-refractivity contribution in [3.63, 3.8) is 0 Å². The first kappa shape index (κ1) is 34.6. The summed E-state index contributed by atoms with van der Waals surface area (Å²) in [4.78, 5) is 0. The van der Waals surface area contributed by atoms with Gasteiger partial charge in [0.25, 0.3) is 0 Å². The Labute approximate surface area is 362 Å². The van der Waals surface area contributed by atoms with Crippen molar-refractivity contribution in [1.82, 2.24) is 9.13 Å². The maximum absolute atomic E-state index is 7.01. The minimum atomic E-state index is 0.260. The maximum atomic E-state index is 7.01. The SMILES string of the molecule is C1=CC(c2ccc3c4c5oc6cc(-n7c8ccccc8c8ccccc87)ccc6c5ccc4n(-c4ccccc4)c3c2)CC=C1c1ccc2c3ccccc3c3ccccc3c2c1. The summed E-state index contributed by atoms with van der Waals surface area (Å²) in [6.07, 6.45) is 8.10. The lowest BCUT2D eigenvalue weighted by Crippen LogP contribution is -2.00. The molecule has 0 fully saturated rings. The van der Waals surface area contributed by atoms with Gasteiger partial charge in [-0.2, -0.15) is 0 Å². The van der Waals surface area contributed by atoms with Crippen LogP contribution < -0.4 is 0 Å². The number of fused-ring (bicyclic) bond motifs is 16. The van der Waals surface area contributed by atoms with Crippen molar-refractivity contribution in [3.05, 3.63) is 223 Å². The second-order valence-electron chi connectivity index (χ2n) is 17.1. The number of hydrogen-bond acceptors (Lipinski definition) is 1. The average molecular weight is 803 g/mol. The lowest BCUT2D eigenvalue weighted by Gasteiger charge is -2.18. The molecule has 1 aliphatic rings. The van der Waals surface area contributed by atoms with Crippen molar-refractivity contribution in [1.29, 1.82) is 0 Å². The normalized spacial score (nSPS) is 14.5. The van der Waals surface area contributed by atoms with Gasteiger partial charge in [-0.05, 0) is 116 Å². The molecule has 1 unspecified atom stereocenters. The van der Waals surface area contributed by atoms with E-state index in [4.69, 9.17) is 4.42 Å². The van der Waals surface area contributed by atoms with Crippen LogP contribution in [0.1, 0.15) is 23.5 Å². The molecule has 1 atom stereocenters. The molecule has 3 aromatic heterocycles. The van der Waals surface area contributed by atoms with Gasteiger partial charge in [0.15, 0.2) is 0 Å². The van der Waals surface area contributed by atoms with E-state index < -0.39 is 0 Å². The highest BCUT2D eigenvalue weighted by Crippen LogP contribution is 2.44. The first-order valence-electron chi connectivity index (χ1n) is 21.9. The molecule has 0 spiro atoms. The van der Waals surface area contributed by atoms with E-state index >= 15 is 0 Å². The minimum absolute atomic E-state index is 0.260. The summed E-state index contributed by atoms with van der Waals surface area (Å²) in [6.45, 7) is 0. The third-order valence-electron chi connectivity index (χ3n) is 13.8. The van der Waals surface area contributed by atoms with Crippen LogP contribution in [0, 0.1) is 0 Å². The quantitative estimate of drug-likeness (QED) is 0.163. The zero-order valence-corrected chi connectivity index (χ0v) is 34.3. The van der Waals surface area contributed by atoms with Crippen molar-refractivity contribution < 1.29 is 4.42 Å². The number of benzene rings is 10. The molecular weight excluding hydrogens is 765 g/mol. The zero-order chi connectivity index (χ0) is 41.2. The molecule has 14 rings (SSSR count). The molecule has 3 heteroatoms. The van der Waals surface area contributed by atoms with Crippen LogP contribution in [0.4, 0.5) is 0 Å². The second-order valence-corrected chi connectivity index (χ2v) is 17.1. The summed E-state index contributed by atoms with van der Waals surface area (Å²) < 4.78 is 11.8. The van der Waals surface area contributed by atoms with Gasteiger partial charge in [0.2, 0.25) is 0 Å². The topological polar surface area (TPSA) is 23.0 Å².